The van der Waals surface area contributed by atoms with E-state index in [1.165, 1.54) is 0 Å². The summed E-state index contributed by atoms with van der Waals surface area (Å²) in [6.45, 7) is 0. The van der Waals surface area contributed by atoms with Gasteiger partial charge in [-0.15, -0.1) is 0 Å². The van der Waals surface area contributed by atoms with Crippen molar-refractivity contribution in [3.05, 3.63) is 99.9 Å². The van der Waals surface area contributed by atoms with Crippen LogP contribution in [-0.2, 0) is 0 Å². The second-order valence-corrected chi connectivity index (χ2v) is 5.84. The molecule has 132 valence electrons. The molecule has 0 spiro atoms. The summed E-state index contributed by atoms with van der Waals surface area (Å²) >= 11 is 0. The maximum atomic E-state index is 12.9. The monoisotopic (exact) mass is 350 g/mol. The molecule has 2 atom stereocenters. The molecule has 3 rings (SSSR count). The second-order valence-electron chi connectivity index (χ2n) is 5.84. The molecule has 0 aliphatic heterocycles. The van der Waals surface area contributed by atoms with Crippen LogP contribution in [0.25, 0.3) is 0 Å². The fourth-order valence-corrected chi connectivity index (χ4v) is 3.02. The van der Waals surface area contributed by atoms with Gasteiger partial charge < -0.3 is 9.72 Å². The number of carbonyl (C=O) groups is 1. The van der Waals surface area contributed by atoms with E-state index < -0.39 is 22.7 Å². The first-order valence-corrected chi connectivity index (χ1v) is 8.12. The van der Waals surface area contributed by atoms with Crippen LogP contribution in [0.5, 0.6) is 5.75 Å². The van der Waals surface area contributed by atoms with Crippen molar-refractivity contribution in [2.45, 2.75) is 12.0 Å². The number of Topliss-reactive ketones (excluding diaryl/α,β-unsaturated/α-hetero) is 1. The van der Waals surface area contributed by atoms with E-state index in [1.807, 2.05) is 0 Å². The van der Waals surface area contributed by atoms with Crippen molar-refractivity contribution >= 4 is 5.78 Å². The van der Waals surface area contributed by atoms with E-state index in [0.717, 1.165) is 0 Å². The minimum atomic E-state index is -1.44. The molecule has 0 radical (unpaired) electrons. The predicted octanol–water partition coefficient (Wildman–Crippen LogP) is 3.68. The molecular formula is C20H18N2O4. The van der Waals surface area contributed by atoms with Gasteiger partial charge in [0.15, 0.2) is 0 Å². The van der Waals surface area contributed by atoms with Crippen LogP contribution in [0.2, 0.25) is 0 Å². The lowest BCUT2D eigenvalue weighted by molar-refractivity contribution is -0.507. The van der Waals surface area contributed by atoms with Gasteiger partial charge >= 0.3 is 0 Å². The number of benzene rings is 2. The Kier molecular flexibility index (Phi) is 5.12. The van der Waals surface area contributed by atoms with Crippen LogP contribution >= 0.6 is 0 Å². The van der Waals surface area contributed by atoms with Gasteiger partial charge in [0, 0.05) is 22.4 Å². The molecule has 0 aliphatic rings. The van der Waals surface area contributed by atoms with Crippen LogP contribution in [0.15, 0.2) is 72.9 Å². The summed E-state index contributed by atoms with van der Waals surface area (Å²) in [6, 6.07) is 17.4. The van der Waals surface area contributed by atoms with Gasteiger partial charge in [0.05, 0.1) is 13.0 Å². The first-order valence-electron chi connectivity index (χ1n) is 8.12. The number of hydrogen-bond acceptors (Lipinski definition) is 4. The van der Waals surface area contributed by atoms with Crippen LogP contribution in [0, 0.1) is 10.1 Å². The zero-order valence-corrected chi connectivity index (χ0v) is 14.2. The summed E-state index contributed by atoms with van der Waals surface area (Å²) in [4.78, 5) is 27.3. The zero-order valence-electron chi connectivity index (χ0n) is 14.2. The van der Waals surface area contributed by atoms with E-state index in [-0.39, 0.29) is 0 Å². The van der Waals surface area contributed by atoms with Crippen LogP contribution in [0.4, 0.5) is 0 Å². The van der Waals surface area contributed by atoms with E-state index in [2.05, 4.69) is 4.98 Å². The van der Waals surface area contributed by atoms with E-state index in [9.17, 15) is 14.9 Å². The third-order valence-electron chi connectivity index (χ3n) is 4.30. The normalized spacial score (nSPS) is 13.0. The largest absolute Gasteiger partial charge is 0.497 e. The number of ether oxygens (including phenoxy) is 1. The van der Waals surface area contributed by atoms with E-state index in [1.54, 1.807) is 80.0 Å². The fourth-order valence-electron chi connectivity index (χ4n) is 3.02. The standard InChI is InChI=1S/C20H18N2O4/c1-26-16-11-9-14(10-12-16)18(17-8-5-13-21-17)19(22(24)25)20(23)15-6-3-2-4-7-15/h2-13,18-19,21H,1H3. The Morgan fingerprint density at radius 2 is 1.73 bits per heavy atom. The smallest absolute Gasteiger partial charge is 0.286 e. The number of nitrogens with zero attached hydrogens (tertiary/aromatic N) is 1. The highest BCUT2D eigenvalue weighted by Gasteiger charge is 2.41. The van der Waals surface area contributed by atoms with Gasteiger partial charge in [-0.05, 0) is 29.8 Å². The lowest BCUT2D eigenvalue weighted by Gasteiger charge is -2.20. The Labute approximate surface area is 150 Å². The number of methoxy groups -OCH3 is 1. The molecular weight excluding hydrogens is 332 g/mol. The van der Waals surface area contributed by atoms with Crippen LogP contribution in [-0.4, -0.2) is 28.8 Å². The molecule has 26 heavy (non-hydrogen) atoms. The number of nitro groups is 1. The molecule has 2 aromatic carbocycles. The molecule has 0 saturated carbocycles. The minimum absolute atomic E-state index is 0.319. The van der Waals surface area contributed by atoms with Crippen molar-refractivity contribution in [3.63, 3.8) is 0 Å². The molecule has 1 heterocycles. The summed E-state index contributed by atoms with van der Waals surface area (Å²) in [6.07, 6.45) is 1.69. The number of aromatic nitrogens is 1. The molecule has 1 aromatic heterocycles. The summed E-state index contributed by atoms with van der Waals surface area (Å²) < 4.78 is 5.16. The topological polar surface area (TPSA) is 85.2 Å². The number of hydrogen-bond donors (Lipinski definition) is 1. The first-order chi connectivity index (χ1) is 12.6. The molecule has 0 saturated heterocycles. The van der Waals surface area contributed by atoms with Gasteiger partial charge in [0.2, 0.25) is 5.78 Å². The first kappa shape index (κ1) is 17.4. The number of carbonyl (C=O) groups excluding carboxylic acids is 1. The van der Waals surface area contributed by atoms with E-state index in [0.29, 0.717) is 22.6 Å². The Hall–Kier alpha value is -3.41. The third kappa shape index (κ3) is 3.49. The van der Waals surface area contributed by atoms with Gasteiger partial charge in [0.25, 0.3) is 6.04 Å². The maximum absolute atomic E-state index is 12.9. The summed E-state index contributed by atoms with van der Waals surface area (Å²) in [7, 11) is 1.55. The lowest BCUT2D eigenvalue weighted by atomic mass is 9.84. The van der Waals surface area contributed by atoms with Crippen molar-refractivity contribution in [2.75, 3.05) is 7.11 Å². The number of nitrogens with one attached hydrogen (secondary N) is 1. The highest BCUT2D eigenvalue weighted by molar-refractivity contribution is 6.00. The summed E-state index contributed by atoms with van der Waals surface area (Å²) in [5.74, 6) is -0.615. The van der Waals surface area contributed by atoms with Gasteiger partial charge in [-0.1, -0.05) is 42.5 Å². The van der Waals surface area contributed by atoms with Crippen molar-refractivity contribution in [1.29, 1.82) is 0 Å². The minimum Gasteiger partial charge on any atom is -0.497 e. The number of H-pyrrole nitrogens is 1. The van der Waals surface area contributed by atoms with Crippen LogP contribution < -0.4 is 4.74 Å². The van der Waals surface area contributed by atoms with Crippen molar-refractivity contribution in [2.24, 2.45) is 0 Å². The quantitative estimate of drug-likeness (QED) is 0.400. The second kappa shape index (κ2) is 7.65. The summed E-state index contributed by atoms with van der Waals surface area (Å²) in [5.41, 5.74) is 1.60. The number of ketones is 1. The van der Waals surface area contributed by atoms with Crippen molar-refractivity contribution in [3.8, 4) is 5.75 Å². The molecule has 2 unspecified atom stereocenters. The average molecular weight is 350 g/mol. The lowest BCUT2D eigenvalue weighted by Crippen LogP contribution is -2.36. The van der Waals surface area contributed by atoms with Gasteiger partial charge in [-0.25, -0.2) is 0 Å². The Bertz CT molecular complexity index is 874. The maximum Gasteiger partial charge on any atom is 0.286 e. The Morgan fingerprint density at radius 3 is 2.27 bits per heavy atom. The summed E-state index contributed by atoms with van der Waals surface area (Å²) in [5, 5.41) is 11.9. The molecule has 3 aromatic rings. The average Bonchev–Trinajstić information content (AvgIpc) is 3.20. The third-order valence-corrected chi connectivity index (χ3v) is 4.30. The van der Waals surface area contributed by atoms with Crippen molar-refractivity contribution in [1.82, 2.24) is 4.98 Å². The number of rotatable bonds is 7. The Morgan fingerprint density at radius 1 is 1.04 bits per heavy atom. The highest BCUT2D eigenvalue weighted by atomic mass is 16.6. The Balaban J connectivity index is 2.08. The van der Waals surface area contributed by atoms with Gasteiger partial charge in [-0.2, -0.15) is 0 Å². The molecule has 0 bridgehead atoms. The van der Waals surface area contributed by atoms with Crippen LogP contribution in [0.1, 0.15) is 27.5 Å². The van der Waals surface area contributed by atoms with Crippen LogP contribution in [0.3, 0.4) is 0 Å². The highest BCUT2D eigenvalue weighted by Crippen LogP contribution is 2.31. The molecule has 6 nitrogen and oxygen atoms in total. The van der Waals surface area contributed by atoms with E-state index >= 15 is 0 Å². The van der Waals surface area contributed by atoms with E-state index in [4.69, 9.17) is 4.74 Å². The number of aromatic amines is 1. The predicted molar refractivity (Wildman–Crippen MR) is 97.2 cm³/mol. The SMILES string of the molecule is COc1ccc(C(c2ccc[nH]2)C(C(=O)c2ccccc2)[N+](=O)[O-])cc1. The molecule has 0 aliphatic carbocycles. The molecule has 1 N–H and O–H groups in total. The fraction of sp³-hybridized carbons (Fsp3) is 0.150. The van der Waals surface area contributed by atoms with Gasteiger partial charge in [-0.3, -0.25) is 14.9 Å². The molecule has 6 heteroatoms. The molecule has 0 amide bonds. The zero-order chi connectivity index (χ0) is 18.5. The molecule has 0 fully saturated rings. The van der Waals surface area contributed by atoms with Crippen molar-refractivity contribution < 1.29 is 14.5 Å². The van der Waals surface area contributed by atoms with Gasteiger partial charge in [0.1, 0.15) is 5.75 Å².